The van der Waals surface area contributed by atoms with Crippen LogP contribution in [0.25, 0.3) is 10.1 Å². The molecule has 0 radical (unpaired) electrons. The number of fused-ring (bicyclic) bond motifs is 1. The molecule has 0 aliphatic heterocycles. The molecule has 0 spiro atoms. The number of thiophene rings is 2. The second-order valence-corrected chi connectivity index (χ2v) is 8.36. The predicted octanol–water partition coefficient (Wildman–Crippen LogP) is 6.35. The zero-order valence-electron chi connectivity index (χ0n) is 8.99. The maximum atomic E-state index is 13.2. The van der Waals surface area contributed by atoms with Gasteiger partial charge in [0.15, 0.2) is 0 Å². The summed E-state index contributed by atoms with van der Waals surface area (Å²) in [5.74, 6) is -0.180. The smallest absolute Gasteiger partial charge is 0.124 e. The Morgan fingerprint density at radius 2 is 1.83 bits per heavy atom. The zero-order chi connectivity index (χ0) is 12.7. The lowest BCUT2D eigenvalue weighted by Crippen LogP contribution is -1.83. The topological polar surface area (TPSA) is 0 Å². The highest BCUT2D eigenvalue weighted by atomic mass is 79.9. The third kappa shape index (κ3) is 2.41. The number of alkyl halides is 1. The molecule has 0 bridgehead atoms. The summed E-state index contributed by atoms with van der Waals surface area (Å²) in [5, 5.41) is 1.09. The number of hydrogen-bond acceptors (Lipinski definition) is 2. The summed E-state index contributed by atoms with van der Waals surface area (Å²) in [7, 11) is 0. The minimum Gasteiger partial charge on any atom is -0.207 e. The summed E-state index contributed by atoms with van der Waals surface area (Å²) in [6, 6.07) is 11.2. The zero-order valence-corrected chi connectivity index (χ0v) is 13.8. The molecule has 3 aromatic rings. The van der Waals surface area contributed by atoms with Crippen LogP contribution in [0, 0.1) is 5.82 Å². The molecule has 0 saturated carbocycles. The highest BCUT2D eigenvalue weighted by Gasteiger charge is 2.15. The SMILES string of the molecule is Fc1ccc2cc(C(Br)c3ccc(Br)s3)sc2c1. The van der Waals surface area contributed by atoms with E-state index in [-0.39, 0.29) is 10.6 Å². The Balaban J connectivity index is 2.03. The van der Waals surface area contributed by atoms with E-state index in [1.807, 2.05) is 12.1 Å². The van der Waals surface area contributed by atoms with Crippen molar-refractivity contribution in [3.8, 4) is 0 Å². The Hall–Kier alpha value is -0.230. The number of hydrogen-bond donors (Lipinski definition) is 0. The van der Waals surface area contributed by atoms with Crippen LogP contribution in [-0.2, 0) is 0 Å². The molecule has 0 amide bonds. The van der Waals surface area contributed by atoms with Gasteiger partial charge in [-0.05, 0) is 51.6 Å². The molecular weight excluding hydrogens is 399 g/mol. The van der Waals surface area contributed by atoms with E-state index in [9.17, 15) is 4.39 Å². The molecule has 0 aliphatic carbocycles. The Labute approximate surface area is 129 Å². The van der Waals surface area contributed by atoms with Gasteiger partial charge in [0.05, 0.1) is 8.61 Å². The third-order valence-corrected chi connectivity index (χ3v) is 7.04. The van der Waals surface area contributed by atoms with Gasteiger partial charge in [-0.1, -0.05) is 22.0 Å². The van der Waals surface area contributed by atoms with Gasteiger partial charge in [-0.3, -0.25) is 0 Å². The van der Waals surface area contributed by atoms with Gasteiger partial charge in [0.2, 0.25) is 0 Å². The van der Waals surface area contributed by atoms with Crippen molar-refractivity contribution in [2.24, 2.45) is 0 Å². The fourth-order valence-electron chi connectivity index (χ4n) is 1.76. The third-order valence-electron chi connectivity index (χ3n) is 2.59. The Morgan fingerprint density at radius 3 is 2.56 bits per heavy atom. The molecule has 0 aliphatic rings. The fourth-order valence-corrected chi connectivity index (χ4v) is 5.18. The first kappa shape index (κ1) is 12.8. The molecular formula is C13H7Br2FS2. The van der Waals surface area contributed by atoms with E-state index in [1.165, 1.54) is 15.8 Å². The van der Waals surface area contributed by atoms with Crippen molar-refractivity contribution in [2.45, 2.75) is 4.83 Å². The maximum Gasteiger partial charge on any atom is 0.124 e. The molecule has 0 N–H and O–H groups in total. The molecule has 1 unspecified atom stereocenters. The second-order valence-electron chi connectivity index (χ2n) is 3.84. The van der Waals surface area contributed by atoms with Gasteiger partial charge in [-0.25, -0.2) is 4.39 Å². The van der Waals surface area contributed by atoms with E-state index in [1.54, 1.807) is 28.7 Å². The molecule has 2 aromatic heterocycles. The van der Waals surface area contributed by atoms with E-state index >= 15 is 0 Å². The van der Waals surface area contributed by atoms with E-state index in [2.05, 4.69) is 44.0 Å². The van der Waals surface area contributed by atoms with Crippen LogP contribution in [0.2, 0.25) is 0 Å². The lowest BCUT2D eigenvalue weighted by molar-refractivity contribution is 0.630. The van der Waals surface area contributed by atoms with Gasteiger partial charge in [0.25, 0.3) is 0 Å². The van der Waals surface area contributed by atoms with Gasteiger partial charge >= 0.3 is 0 Å². The van der Waals surface area contributed by atoms with Crippen molar-refractivity contribution >= 4 is 64.6 Å². The molecule has 5 heteroatoms. The van der Waals surface area contributed by atoms with Gasteiger partial charge in [-0.2, -0.15) is 0 Å². The standard InChI is InChI=1S/C13H7Br2FS2/c14-12-4-3-9(18-12)13(15)11-5-7-1-2-8(16)6-10(7)17-11/h1-6,13H. The predicted molar refractivity (Wildman–Crippen MR) is 84.6 cm³/mol. The molecule has 1 atom stereocenters. The van der Waals surface area contributed by atoms with Crippen molar-refractivity contribution in [3.63, 3.8) is 0 Å². The van der Waals surface area contributed by atoms with Crippen LogP contribution >= 0.6 is 54.5 Å². The minimum absolute atomic E-state index is 0.175. The van der Waals surface area contributed by atoms with Gasteiger partial charge in [0, 0.05) is 14.5 Å². The van der Waals surface area contributed by atoms with Crippen LogP contribution in [0.5, 0.6) is 0 Å². The molecule has 18 heavy (non-hydrogen) atoms. The minimum atomic E-state index is -0.180. The van der Waals surface area contributed by atoms with Gasteiger partial charge < -0.3 is 0 Å². The molecule has 0 fully saturated rings. The van der Waals surface area contributed by atoms with Gasteiger partial charge in [-0.15, -0.1) is 22.7 Å². The van der Waals surface area contributed by atoms with Crippen molar-refractivity contribution in [1.29, 1.82) is 0 Å². The summed E-state index contributed by atoms with van der Waals surface area (Å²) in [5.41, 5.74) is 0. The number of halogens is 3. The monoisotopic (exact) mass is 404 g/mol. The van der Waals surface area contributed by atoms with Crippen molar-refractivity contribution in [2.75, 3.05) is 0 Å². The van der Waals surface area contributed by atoms with Gasteiger partial charge in [0.1, 0.15) is 5.82 Å². The fraction of sp³-hybridized carbons (Fsp3) is 0.0769. The highest BCUT2D eigenvalue weighted by Crippen LogP contribution is 2.41. The molecule has 0 nitrogen and oxygen atoms in total. The summed E-state index contributed by atoms with van der Waals surface area (Å²) < 4.78 is 15.3. The molecule has 92 valence electrons. The van der Waals surface area contributed by atoms with Crippen molar-refractivity contribution in [3.05, 3.63) is 55.8 Å². The lowest BCUT2D eigenvalue weighted by atomic mass is 10.2. The molecule has 3 rings (SSSR count). The largest absolute Gasteiger partial charge is 0.207 e. The quantitative estimate of drug-likeness (QED) is 0.435. The highest BCUT2D eigenvalue weighted by molar-refractivity contribution is 9.11. The average Bonchev–Trinajstić information content (AvgIpc) is 2.93. The summed E-state index contributed by atoms with van der Waals surface area (Å²) in [6.45, 7) is 0. The van der Waals surface area contributed by atoms with E-state index in [0.717, 1.165) is 13.9 Å². The molecule has 0 saturated heterocycles. The summed E-state index contributed by atoms with van der Waals surface area (Å²) in [6.07, 6.45) is 0. The normalized spacial score (nSPS) is 13.1. The van der Waals surface area contributed by atoms with Crippen LogP contribution in [-0.4, -0.2) is 0 Å². The first-order valence-electron chi connectivity index (χ1n) is 5.22. The van der Waals surface area contributed by atoms with Crippen LogP contribution in [0.3, 0.4) is 0 Å². The van der Waals surface area contributed by atoms with E-state index < -0.39 is 0 Å². The number of benzene rings is 1. The maximum absolute atomic E-state index is 13.2. The van der Waals surface area contributed by atoms with Crippen LogP contribution in [0.1, 0.15) is 14.6 Å². The lowest BCUT2D eigenvalue weighted by Gasteiger charge is -2.03. The summed E-state index contributed by atoms with van der Waals surface area (Å²) >= 11 is 10.5. The molecule has 2 heterocycles. The van der Waals surface area contributed by atoms with E-state index in [4.69, 9.17) is 0 Å². The Kier molecular flexibility index (Phi) is 3.58. The van der Waals surface area contributed by atoms with Crippen LogP contribution < -0.4 is 0 Å². The summed E-state index contributed by atoms with van der Waals surface area (Å²) in [4.78, 5) is 2.62. The second kappa shape index (κ2) is 5.04. The number of rotatable bonds is 2. The van der Waals surface area contributed by atoms with Crippen molar-refractivity contribution in [1.82, 2.24) is 0 Å². The average molecular weight is 406 g/mol. The van der Waals surface area contributed by atoms with Crippen LogP contribution in [0.4, 0.5) is 4.39 Å². The first-order chi connectivity index (χ1) is 8.63. The van der Waals surface area contributed by atoms with Crippen molar-refractivity contribution < 1.29 is 4.39 Å². The molecule has 1 aromatic carbocycles. The van der Waals surface area contributed by atoms with E-state index in [0.29, 0.717) is 0 Å². The Bertz CT molecular complexity index is 702. The first-order valence-corrected chi connectivity index (χ1v) is 8.56. The Morgan fingerprint density at radius 1 is 1.00 bits per heavy atom. The van der Waals surface area contributed by atoms with Crippen LogP contribution in [0.15, 0.2) is 40.2 Å².